The van der Waals surface area contributed by atoms with Gasteiger partial charge in [-0.25, -0.2) is 4.79 Å². The van der Waals surface area contributed by atoms with E-state index >= 15 is 0 Å². The van der Waals surface area contributed by atoms with E-state index in [1.54, 1.807) is 24.1 Å². The maximum atomic E-state index is 13.0. The second-order valence-electron chi connectivity index (χ2n) is 8.89. The molecular weight excluding hydrogens is 454 g/mol. The Kier molecular flexibility index (Phi) is 6.61. The van der Waals surface area contributed by atoms with Crippen LogP contribution in [0, 0.1) is 11.8 Å². The Balaban J connectivity index is 1.31. The predicted molar refractivity (Wildman–Crippen MR) is 137 cm³/mol. The lowest BCUT2D eigenvalue weighted by Gasteiger charge is -2.58. The summed E-state index contributed by atoms with van der Waals surface area (Å²) in [7, 11) is 1.54. The summed E-state index contributed by atoms with van der Waals surface area (Å²) in [5, 5.41) is 12.9. The molecule has 7 heteroatoms. The fourth-order valence-corrected chi connectivity index (χ4v) is 5.05. The number of carbonyl (C=O) groups is 2. The molecule has 36 heavy (non-hydrogen) atoms. The Labute approximate surface area is 210 Å². The minimum absolute atomic E-state index is 0.0330. The first-order valence-electron chi connectivity index (χ1n) is 11.9. The van der Waals surface area contributed by atoms with Gasteiger partial charge < -0.3 is 25.0 Å². The van der Waals surface area contributed by atoms with Crippen LogP contribution in [0.15, 0.2) is 78.9 Å². The number of aliphatic hydroxyl groups is 1. The molecule has 0 spiro atoms. The molecule has 3 aromatic carbocycles. The van der Waals surface area contributed by atoms with Gasteiger partial charge in [0, 0.05) is 23.6 Å². The lowest BCUT2D eigenvalue weighted by molar-refractivity contribution is -0.159. The summed E-state index contributed by atoms with van der Waals surface area (Å²) in [4.78, 5) is 29.2. The van der Waals surface area contributed by atoms with E-state index in [4.69, 9.17) is 4.74 Å². The first kappa shape index (κ1) is 23.5. The molecule has 2 heterocycles. The maximum Gasteiger partial charge on any atom is 0.322 e. The number of ether oxygens (including phenoxy) is 1. The number of nitrogens with zero attached hydrogens (tertiary/aromatic N) is 2. The van der Waals surface area contributed by atoms with Crippen LogP contribution in [-0.4, -0.2) is 65.7 Å². The topological polar surface area (TPSA) is 82.1 Å². The second-order valence-corrected chi connectivity index (χ2v) is 8.89. The van der Waals surface area contributed by atoms with Gasteiger partial charge in [0.25, 0.3) is 0 Å². The van der Waals surface area contributed by atoms with Crippen molar-refractivity contribution in [3.63, 3.8) is 0 Å². The Bertz CT molecular complexity index is 1310. The molecule has 3 aromatic rings. The molecule has 0 saturated carbocycles. The summed E-state index contributed by atoms with van der Waals surface area (Å²) >= 11 is 0. The van der Waals surface area contributed by atoms with E-state index in [2.05, 4.69) is 17.2 Å². The van der Waals surface area contributed by atoms with Gasteiger partial charge in [-0.2, -0.15) is 0 Å². The zero-order valence-corrected chi connectivity index (χ0v) is 19.9. The van der Waals surface area contributed by atoms with Gasteiger partial charge in [-0.3, -0.25) is 4.79 Å². The first-order valence-corrected chi connectivity index (χ1v) is 11.9. The normalized spacial score (nSPS) is 20.5. The molecule has 0 radical (unpaired) electrons. The van der Waals surface area contributed by atoms with E-state index in [0.29, 0.717) is 18.0 Å². The van der Waals surface area contributed by atoms with Crippen LogP contribution in [0.1, 0.15) is 22.6 Å². The number of aliphatic hydroxyl groups excluding tert-OH is 1. The maximum absolute atomic E-state index is 13.0. The van der Waals surface area contributed by atoms with Crippen molar-refractivity contribution in [2.24, 2.45) is 0 Å². The van der Waals surface area contributed by atoms with Crippen LogP contribution in [0.2, 0.25) is 0 Å². The summed E-state index contributed by atoms with van der Waals surface area (Å²) in [5.74, 6) is 6.64. The summed E-state index contributed by atoms with van der Waals surface area (Å²) in [5.41, 5.74) is 3.39. The van der Waals surface area contributed by atoms with Crippen LogP contribution in [0.4, 0.5) is 10.5 Å². The van der Waals surface area contributed by atoms with Gasteiger partial charge in [0.1, 0.15) is 12.3 Å². The van der Waals surface area contributed by atoms with E-state index in [-0.39, 0.29) is 43.1 Å². The molecule has 0 aliphatic carbocycles. The standard InChI is InChI=1S/C29H27N3O4/c1-36-26-10-6-5-9-23(26)30-29(35)31-17-24-28(25(19-33)32(24)27(34)18-31)22-15-13-21(14-16-22)12-11-20-7-3-2-4-8-20/h2-10,13-16,24-25,28,33H,17-19H2,1H3,(H,30,35)/t24-,25+,28-/m0/s1. The number of carbonyl (C=O) groups excluding carboxylic acids is 2. The van der Waals surface area contributed by atoms with Crippen molar-refractivity contribution in [1.29, 1.82) is 0 Å². The number of amides is 3. The van der Waals surface area contributed by atoms with Gasteiger partial charge in [-0.05, 0) is 42.0 Å². The van der Waals surface area contributed by atoms with E-state index < -0.39 is 0 Å². The molecule has 5 rings (SSSR count). The van der Waals surface area contributed by atoms with Crippen molar-refractivity contribution in [1.82, 2.24) is 9.80 Å². The van der Waals surface area contributed by atoms with Crippen LogP contribution in [0.25, 0.3) is 0 Å². The summed E-state index contributed by atoms with van der Waals surface area (Å²) in [6.07, 6.45) is 0. The van der Waals surface area contributed by atoms with Crippen molar-refractivity contribution < 1.29 is 19.4 Å². The number of anilines is 1. The Morgan fingerprint density at radius 3 is 2.36 bits per heavy atom. The molecule has 2 aliphatic rings. The third kappa shape index (κ3) is 4.51. The quantitative estimate of drug-likeness (QED) is 0.561. The Morgan fingerprint density at radius 1 is 1.00 bits per heavy atom. The third-order valence-corrected chi connectivity index (χ3v) is 6.81. The van der Waals surface area contributed by atoms with E-state index in [1.165, 1.54) is 4.90 Å². The summed E-state index contributed by atoms with van der Waals surface area (Å²) < 4.78 is 5.31. The molecular formula is C29H27N3O4. The molecule has 0 bridgehead atoms. The fourth-order valence-electron chi connectivity index (χ4n) is 5.05. The molecule has 0 unspecified atom stereocenters. The van der Waals surface area contributed by atoms with Crippen LogP contribution in [0.3, 0.4) is 0 Å². The number of para-hydroxylation sites is 2. The average Bonchev–Trinajstić information content (AvgIpc) is 2.90. The number of fused-ring (bicyclic) bond motifs is 1. The Hall–Kier alpha value is -4.28. The third-order valence-electron chi connectivity index (χ3n) is 6.81. The first-order chi connectivity index (χ1) is 17.6. The van der Waals surface area contributed by atoms with Gasteiger partial charge in [-0.15, -0.1) is 0 Å². The van der Waals surface area contributed by atoms with Crippen molar-refractivity contribution in [3.05, 3.63) is 95.6 Å². The Morgan fingerprint density at radius 2 is 1.67 bits per heavy atom. The number of nitrogens with one attached hydrogen (secondary N) is 1. The van der Waals surface area contributed by atoms with Crippen LogP contribution in [-0.2, 0) is 4.79 Å². The van der Waals surface area contributed by atoms with Crippen molar-refractivity contribution in [2.45, 2.75) is 18.0 Å². The smallest absolute Gasteiger partial charge is 0.322 e. The number of urea groups is 1. The molecule has 0 aromatic heterocycles. The molecule has 7 nitrogen and oxygen atoms in total. The minimum Gasteiger partial charge on any atom is -0.495 e. The van der Waals surface area contributed by atoms with Crippen molar-refractivity contribution in [3.8, 4) is 17.6 Å². The lowest BCUT2D eigenvalue weighted by Crippen LogP contribution is -2.73. The predicted octanol–water partition coefficient (Wildman–Crippen LogP) is 3.30. The highest BCUT2D eigenvalue weighted by Gasteiger charge is 2.54. The number of piperazine rings is 1. The van der Waals surface area contributed by atoms with Crippen molar-refractivity contribution in [2.75, 3.05) is 32.1 Å². The number of methoxy groups -OCH3 is 1. The number of benzene rings is 3. The second kappa shape index (κ2) is 10.1. The SMILES string of the molecule is COc1ccccc1NC(=O)N1CC(=O)N2[C@H](CO)[C@@H](c3ccc(C#Cc4ccccc4)cc3)[C@@H]2C1. The van der Waals surface area contributed by atoms with Crippen LogP contribution < -0.4 is 10.1 Å². The molecule has 3 amide bonds. The number of hydrogen-bond acceptors (Lipinski definition) is 4. The van der Waals surface area contributed by atoms with E-state index in [9.17, 15) is 14.7 Å². The monoisotopic (exact) mass is 481 g/mol. The van der Waals surface area contributed by atoms with Crippen LogP contribution >= 0.6 is 0 Å². The largest absolute Gasteiger partial charge is 0.495 e. The molecule has 2 aliphatic heterocycles. The summed E-state index contributed by atoms with van der Waals surface area (Å²) in [6.45, 7) is 0.216. The average molecular weight is 482 g/mol. The van der Waals surface area contributed by atoms with Crippen LogP contribution in [0.5, 0.6) is 5.75 Å². The molecule has 2 saturated heterocycles. The lowest BCUT2D eigenvalue weighted by atomic mass is 9.73. The number of rotatable bonds is 4. The minimum atomic E-state index is -0.356. The zero-order valence-electron chi connectivity index (χ0n) is 19.9. The van der Waals surface area contributed by atoms with E-state index in [0.717, 1.165) is 16.7 Å². The van der Waals surface area contributed by atoms with Gasteiger partial charge >= 0.3 is 6.03 Å². The van der Waals surface area contributed by atoms with Gasteiger partial charge in [0.2, 0.25) is 5.91 Å². The highest BCUT2D eigenvalue weighted by molar-refractivity contribution is 5.94. The highest BCUT2D eigenvalue weighted by Crippen LogP contribution is 2.43. The van der Waals surface area contributed by atoms with Crippen molar-refractivity contribution >= 4 is 17.6 Å². The van der Waals surface area contributed by atoms with Gasteiger partial charge in [0.15, 0.2) is 0 Å². The molecule has 2 N–H and O–H groups in total. The highest BCUT2D eigenvalue weighted by atomic mass is 16.5. The molecule has 3 atom stereocenters. The van der Waals surface area contributed by atoms with E-state index in [1.807, 2.05) is 66.7 Å². The number of hydrogen-bond donors (Lipinski definition) is 2. The summed E-state index contributed by atoms with van der Waals surface area (Å²) in [6, 6.07) is 24.0. The van der Waals surface area contributed by atoms with Gasteiger partial charge in [-0.1, -0.05) is 54.3 Å². The zero-order chi connectivity index (χ0) is 25.1. The van der Waals surface area contributed by atoms with Gasteiger partial charge in [0.05, 0.1) is 31.5 Å². The fraction of sp³-hybridized carbons (Fsp3) is 0.241. The molecule has 2 fully saturated rings. The molecule has 182 valence electrons.